The van der Waals surface area contributed by atoms with Crippen LogP contribution >= 0.6 is 0 Å². The molecule has 0 atom stereocenters. The zero-order valence-electron chi connectivity index (χ0n) is 12.8. The number of nitrogens with zero attached hydrogens (tertiary/aromatic N) is 2. The normalized spacial score (nSPS) is 10.7. The highest BCUT2D eigenvalue weighted by Gasteiger charge is 2.12. The fraction of sp³-hybridized carbons (Fsp3) is 0.235. The first-order chi connectivity index (χ1) is 11.3. The Morgan fingerprint density at radius 3 is 2.74 bits per heavy atom. The van der Waals surface area contributed by atoms with Crippen molar-refractivity contribution < 1.29 is 13.8 Å². The van der Waals surface area contributed by atoms with Gasteiger partial charge in [-0.1, -0.05) is 42.4 Å². The molecule has 1 amide bonds. The van der Waals surface area contributed by atoms with Crippen molar-refractivity contribution in [1.29, 1.82) is 0 Å². The molecule has 118 valence electrons. The molecule has 3 aromatic rings. The van der Waals surface area contributed by atoms with Crippen molar-refractivity contribution in [3.05, 3.63) is 53.9 Å². The summed E-state index contributed by atoms with van der Waals surface area (Å²) in [7, 11) is 0. The average Bonchev–Trinajstić information content (AvgIpc) is 3.23. The summed E-state index contributed by atoms with van der Waals surface area (Å²) in [5.41, 5.74) is 1.66. The van der Waals surface area contributed by atoms with E-state index in [2.05, 4.69) is 20.3 Å². The third-order valence-electron chi connectivity index (χ3n) is 3.47. The Morgan fingerprint density at radius 2 is 1.96 bits per heavy atom. The van der Waals surface area contributed by atoms with Crippen molar-refractivity contribution in [1.82, 2.24) is 10.3 Å². The van der Waals surface area contributed by atoms with Gasteiger partial charge in [0.1, 0.15) is 17.2 Å². The molecule has 0 radical (unpaired) electrons. The zero-order valence-corrected chi connectivity index (χ0v) is 12.8. The molecule has 2 heterocycles. The van der Waals surface area contributed by atoms with Gasteiger partial charge in [0.05, 0.1) is 0 Å². The Bertz CT molecular complexity index is 777. The second-order valence-electron chi connectivity index (χ2n) is 5.09. The number of anilines is 1. The van der Waals surface area contributed by atoms with Crippen LogP contribution in [0.3, 0.4) is 0 Å². The summed E-state index contributed by atoms with van der Waals surface area (Å²) in [5, 5.41) is 10.1. The number of carbonyl (C=O) groups is 1. The number of aryl methyl sites for hydroxylation is 2. The Morgan fingerprint density at radius 1 is 1.13 bits per heavy atom. The Balaban J connectivity index is 1.56. The lowest BCUT2D eigenvalue weighted by Gasteiger charge is -2.01. The fourth-order valence-electron chi connectivity index (χ4n) is 2.23. The van der Waals surface area contributed by atoms with Crippen LogP contribution in [0.25, 0.3) is 11.3 Å². The van der Waals surface area contributed by atoms with Crippen molar-refractivity contribution in [2.75, 3.05) is 5.32 Å². The van der Waals surface area contributed by atoms with Gasteiger partial charge in [0, 0.05) is 18.4 Å². The van der Waals surface area contributed by atoms with Crippen LogP contribution in [0.4, 0.5) is 5.82 Å². The molecule has 1 aromatic carbocycles. The molecule has 0 saturated carbocycles. The summed E-state index contributed by atoms with van der Waals surface area (Å²) in [6, 6.07) is 13.7. The molecular formula is C17H17N3O3. The minimum atomic E-state index is -0.145. The summed E-state index contributed by atoms with van der Waals surface area (Å²) >= 11 is 0. The average molecular weight is 311 g/mol. The maximum Gasteiger partial charge on any atom is 0.226 e. The van der Waals surface area contributed by atoms with Crippen molar-refractivity contribution in [2.24, 2.45) is 0 Å². The Hall–Kier alpha value is -2.89. The molecule has 0 fully saturated rings. The van der Waals surface area contributed by atoms with E-state index >= 15 is 0 Å². The van der Waals surface area contributed by atoms with E-state index in [0.29, 0.717) is 30.8 Å². The van der Waals surface area contributed by atoms with Gasteiger partial charge in [-0.2, -0.15) is 0 Å². The second-order valence-corrected chi connectivity index (χ2v) is 5.09. The predicted molar refractivity (Wildman–Crippen MR) is 84.8 cm³/mol. The van der Waals surface area contributed by atoms with E-state index in [9.17, 15) is 4.79 Å². The van der Waals surface area contributed by atoms with Crippen LogP contribution in [0.15, 0.2) is 51.5 Å². The summed E-state index contributed by atoms with van der Waals surface area (Å²) in [6.07, 6.45) is 1.47. The molecule has 23 heavy (non-hydrogen) atoms. The first-order valence-electron chi connectivity index (χ1n) is 7.51. The van der Waals surface area contributed by atoms with Gasteiger partial charge in [0.15, 0.2) is 0 Å². The number of amides is 1. The van der Waals surface area contributed by atoms with Crippen LogP contribution < -0.4 is 5.32 Å². The minimum absolute atomic E-state index is 0.145. The molecule has 0 unspecified atom stereocenters. The van der Waals surface area contributed by atoms with Crippen molar-refractivity contribution in [3.63, 3.8) is 0 Å². The second kappa shape index (κ2) is 6.91. The van der Waals surface area contributed by atoms with Crippen LogP contribution in [0, 0.1) is 0 Å². The van der Waals surface area contributed by atoms with E-state index in [4.69, 9.17) is 4.42 Å². The number of hydrogen-bond donors (Lipinski definition) is 1. The van der Waals surface area contributed by atoms with Crippen LogP contribution in [0.1, 0.15) is 24.8 Å². The predicted octanol–water partition coefficient (Wildman–Crippen LogP) is 3.46. The summed E-state index contributed by atoms with van der Waals surface area (Å²) in [5.74, 6) is 1.82. The van der Waals surface area contributed by atoms with Gasteiger partial charge in [-0.15, -0.1) is 0 Å². The van der Waals surface area contributed by atoms with Crippen LogP contribution in [-0.2, 0) is 17.6 Å². The molecule has 0 aliphatic carbocycles. The molecule has 0 bridgehead atoms. The van der Waals surface area contributed by atoms with E-state index in [1.54, 1.807) is 0 Å². The lowest BCUT2D eigenvalue weighted by atomic mass is 10.2. The molecule has 0 aliphatic heterocycles. The standard InChI is InChI=1S/C17H17N3O3/c1-2-14-17(20-23-19-14)18-16(21)11-9-13-8-10-15(22-13)12-6-4-3-5-7-12/h3-8,10H,2,9,11H2,1H3,(H,18,20,21). The number of furan rings is 1. The van der Waals surface area contributed by atoms with E-state index in [1.165, 1.54) is 0 Å². The summed E-state index contributed by atoms with van der Waals surface area (Å²) < 4.78 is 10.4. The maximum absolute atomic E-state index is 12.0. The smallest absolute Gasteiger partial charge is 0.226 e. The van der Waals surface area contributed by atoms with Gasteiger partial charge < -0.3 is 9.73 Å². The van der Waals surface area contributed by atoms with Crippen molar-refractivity contribution >= 4 is 11.7 Å². The molecule has 3 rings (SSSR count). The molecule has 0 spiro atoms. The van der Waals surface area contributed by atoms with E-state index in [0.717, 1.165) is 17.1 Å². The highest BCUT2D eigenvalue weighted by molar-refractivity contribution is 5.90. The molecule has 1 N–H and O–H groups in total. The fourth-order valence-corrected chi connectivity index (χ4v) is 2.23. The maximum atomic E-state index is 12.0. The van der Waals surface area contributed by atoms with Gasteiger partial charge in [0.2, 0.25) is 11.7 Å². The van der Waals surface area contributed by atoms with Crippen LogP contribution in [0.5, 0.6) is 0 Å². The van der Waals surface area contributed by atoms with Gasteiger partial charge in [-0.05, 0) is 23.7 Å². The minimum Gasteiger partial charge on any atom is -0.461 e. The molecule has 2 aromatic heterocycles. The number of carbonyl (C=O) groups excluding carboxylic acids is 1. The quantitative estimate of drug-likeness (QED) is 0.754. The molecule has 6 heteroatoms. The number of rotatable bonds is 6. The number of aromatic nitrogens is 2. The lowest BCUT2D eigenvalue weighted by molar-refractivity contribution is -0.116. The Kier molecular flexibility index (Phi) is 4.52. The highest BCUT2D eigenvalue weighted by Crippen LogP contribution is 2.22. The zero-order chi connectivity index (χ0) is 16.1. The van der Waals surface area contributed by atoms with Crippen molar-refractivity contribution in [2.45, 2.75) is 26.2 Å². The van der Waals surface area contributed by atoms with Crippen LogP contribution in [0.2, 0.25) is 0 Å². The number of hydrogen-bond acceptors (Lipinski definition) is 5. The van der Waals surface area contributed by atoms with E-state index in [-0.39, 0.29) is 5.91 Å². The third kappa shape index (κ3) is 3.66. The molecule has 0 saturated heterocycles. The SMILES string of the molecule is CCc1nonc1NC(=O)CCc1ccc(-c2ccccc2)o1. The van der Waals surface area contributed by atoms with Gasteiger partial charge in [0.25, 0.3) is 0 Å². The van der Waals surface area contributed by atoms with Crippen molar-refractivity contribution in [3.8, 4) is 11.3 Å². The molecular weight excluding hydrogens is 294 g/mol. The van der Waals surface area contributed by atoms with Gasteiger partial charge in [-0.3, -0.25) is 4.79 Å². The molecule has 6 nitrogen and oxygen atoms in total. The first kappa shape index (κ1) is 15.0. The van der Waals surface area contributed by atoms with Gasteiger partial charge in [-0.25, -0.2) is 4.63 Å². The first-order valence-corrected chi connectivity index (χ1v) is 7.51. The third-order valence-corrected chi connectivity index (χ3v) is 3.47. The van der Waals surface area contributed by atoms with E-state index in [1.807, 2.05) is 49.4 Å². The highest BCUT2D eigenvalue weighted by atomic mass is 16.6. The summed E-state index contributed by atoms with van der Waals surface area (Å²) in [6.45, 7) is 1.92. The number of nitrogens with one attached hydrogen (secondary N) is 1. The molecule has 0 aliphatic rings. The Labute approximate surface area is 133 Å². The van der Waals surface area contributed by atoms with Gasteiger partial charge >= 0.3 is 0 Å². The monoisotopic (exact) mass is 311 g/mol. The topological polar surface area (TPSA) is 81.2 Å². The number of benzene rings is 1. The largest absolute Gasteiger partial charge is 0.461 e. The summed E-state index contributed by atoms with van der Waals surface area (Å²) in [4.78, 5) is 12.0. The van der Waals surface area contributed by atoms with E-state index < -0.39 is 0 Å². The van der Waals surface area contributed by atoms with Crippen LogP contribution in [-0.4, -0.2) is 16.2 Å². The lowest BCUT2D eigenvalue weighted by Crippen LogP contribution is -2.13.